The summed E-state index contributed by atoms with van der Waals surface area (Å²) in [4.78, 5) is 9.68. The largest absolute Gasteiger partial charge is 0.467 e. The van der Waals surface area contributed by atoms with Crippen molar-refractivity contribution in [3.05, 3.63) is 63.7 Å². The molecule has 0 aromatic heterocycles. The molecule has 0 fully saturated rings. The second-order valence-electron chi connectivity index (χ2n) is 8.57. The van der Waals surface area contributed by atoms with Crippen LogP contribution >= 0.6 is 8.03 Å². The van der Waals surface area contributed by atoms with Crippen LogP contribution in [0.1, 0.15) is 79.0 Å². The topological polar surface area (TPSA) is 76.0 Å². The number of rotatable bonds is 11. The summed E-state index contributed by atoms with van der Waals surface area (Å²) in [6.07, 6.45) is 1.14. The summed E-state index contributed by atoms with van der Waals surface area (Å²) in [5.41, 5.74) is 5.81. The van der Waals surface area contributed by atoms with Gasteiger partial charge in [-0.25, -0.2) is 0 Å². The van der Waals surface area contributed by atoms with Gasteiger partial charge in [0.1, 0.15) is 5.75 Å². The molecule has 2 rings (SSSR count). The van der Waals surface area contributed by atoms with E-state index in [9.17, 15) is 14.6 Å². The highest BCUT2D eigenvalue weighted by Crippen LogP contribution is 2.38. The quantitative estimate of drug-likeness (QED) is 0.342. The van der Waals surface area contributed by atoms with Crippen LogP contribution in [0.15, 0.2) is 30.3 Å². The number of benzene rings is 2. The maximum absolute atomic E-state index is 11.8. The summed E-state index contributed by atoms with van der Waals surface area (Å²) >= 11 is 0. The lowest BCUT2D eigenvalue weighted by atomic mass is 9.90. The molecule has 0 aliphatic heterocycles. The highest BCUT2D eigenvalue weighted by molar-refractivity contribution is 7.39. The molecule has 2 aromatic carbocycles. The second kappa shape index (κ2) is 11.8. The van der Waals surface area contributed by atoms with Gasteiger partial charge in [-0.15, -0.1) is 0 Å². The van der Waals surface area contributed by atoms with Crippen molar-refractivity contribution in [2.75, 3.05) is 13.9 Å². The van der Waals surface area contributed by atoms with Gasteiger partial charge in [-0.1, -0.05) is 51.5 Å². The van der Waals surface area contributed by atoms with Gasteiger partial charge in [0.25, 0.3) is 0 Å². The van der Waals surface area contributed by atoms with Crippen LogP contribution in [0.4, 0.5) is 0 Å². The summed E-state index contributed by atoms with van der Waals surface area (Å²) in [5, 5.41) is 10.8. The molecule has 2 aromatic rings. The Kier molecular flexibility index (Phi) is 9.77. The van der Waals surface area contributed by atoms with Crippen molar-refractivity contribution in [1.82, 2.24) is 0 Å². The van der Waals surface area contributed by atoms with Crippen LogP contribution in [0, 0.1) is 13.8 Å². The third-order valence-corrected chi connectivity index (χ3v) is 7.01. The molecule has 0 aliphatic carbocycles. The molecule has 0 radical (unpaired) electrons. The zero-order chi connectivity index (χ0) is 23.1. The van der Waals surface area contributed by atoms with Gasteiger partial charge in [0, 0.05) is 7.11 Å². The third kappa shape index (κ3) is 6.66. The Hall–Kier alpha value is -1.65. The molecule has 0 amide bonds. The first-order valence-electron chi connectivity index (χ1n) is 10.9. The summed E-state index contributed by atoms with van der Waals surface area (Å²) < 4.78 is 22.5. The van der Waals surface area contributed by atoms with Crippen molar-refractivity contribution >= 4 is 8.03 Å². The van der Waals surface area contributed by atoms with Crippen LogP contribution in [0.25, 0.3) is 0 Å². The number of ether oxygens (including phenoxy) is 2. The predicted octanol–water partition coefficient (Wildman–Crippen LogP) is 5.67. The Balaban J connectivity index is 2.32. The van der Waals surface area contributed by atoms with Crippen LogP contribution in [0.5, 0.6) is 5.75 Å². The number of methoxy groups -OCH3 is 1. The first kappa shape index (κ1) is 25.6. The number of hydrogen-bond donors (Lipinski definition) is 2. The Morgan fingerprint density at radius 2 is 1.74 bits per heavy atom. The molecule has 6 heteroatoms. The molecule has 172 valence electrons. The molecular weight excluding hydrogens is 411 g/mol. The van der Waals surface area contributed by atoms with E-state index < -0.39 is 19.8 Å². The predicted molar refractivity (Wildman–Crippen MR) is 127 cm³/mol. The van der Waals surface area contributed by atoms with E-state index in [1.165, 1.54) is 11.1 Å². The maximum atomic E-state index is 11.8. The minimum Gasteiger partial charge on any atom is -0.467 e. The van der Waals surface area contributed by atoms with Crippen molar-refractivity contribution in [1.29, 1.82) is 0 Å². The maximum Gasteiger partial charge on any atom is 0.195 e. The molecule has 0 saturated heterocycles. The molecule has 3 unspecified atom stereocenters. The first-order chi connectivity index (χ1) is 14.7. The zero-order valence-corrected chi connectivity index (χ0v) is 20.6. The zero-order valence-electron chi connectivity index (χ0n) is 19.6. The summed E-state index contributed by atoms with van der Waals surface area (Å²) in [6.45, 7) is 10.5. The fourth-order valence-electron chi connectivity index (χ4n) is 4.05. The number of aryl methyl sites for hydroxylation is 2. The lowest BCUT2D eigenvalue weighted by Crippen LogP contribution is -2.15. The molecule has 31 heavy (non-hydrogen) atoms. The van der Waals surface area contributed by atoms with Crippen LogP contribution < -0.4 is 4.74 Å². The molecule has 0 aliphatic rings. The molecular formula is C25H37O5P. The number of hydrogen-bond acceptors (Lipinski definition) is 4. The second-order valence-corrected chi connectivity index (χ2v) is 9.98. The first-order valence-corrected chi connectivity index (χ1v) is 12.4. The van der Waals surface area contributed by atoms with E-state index >= 15 is 0 Å². The van der Waals surface area contributed by atoms with Crippen LogP contribution in [-0.4, -0.2) is 29.6 Å². The molecule has 5 nitrogen and oxygen atoms in total. The average molecular weight is 449 g/mol. The Morgan fingerprint density at radius 3 is 2.26 bits per heavy atom. The van der Waals surface area contributed by atoms with Gasteiger partial charge < -0.3 is 19.5 Å². The van der Waals surface area contributed by atoms with E-state index in [2.05, 4.69) is 26.0 Å². The monoisotopic (exact) mass is 448 g/mol. The van der Waals surface area contributed by atoms with E-state index in [4.69, 9.17) is 9.47 Å². The van der Waals surface area contributed by atoms with Gasteiger partial charge in [0.05, 0.1) is 11.8 Å². The molecule has 0 bridgehead atoms. The molecule has 0 saturated carbocycles. The Morgan fingerprint density at radius 1 is 1.10 bits per heavy atom. The Labute approximate surface area is 187 Å². The van der Waals surface area contributed by atoms with Crippen molar-refractivity contribution in [2.24, 2.45) is 0 Å². The van der Waals surface area contributed by atoms with Crippen molar-refractivity contribution < 1.29 is 24.0 Å². The lowest BCUT2D eigenvalue weighted by Gasteiger charge is -2.22. The smallest absolute Gasteiger partial charge is 0.195 e. The van der Waals surface area contributed by atoms with Crippen molar-refractivity contribution in [3.8, 4) is 5.75 Å². The average Bonchev–Trinajstić information content (AvgIpc) is 2.72. The SMILES string of the molecule is CCCC(C(O)c1cc(C)c(Cc2ccc(OCOC)c(C(C)C)c2)c(C)c1)[PH](=O)O. The highest BCUT2D eigenvalue weighted by atomic mass is 31.1. The van der Waals surface area contributed by atoms with Gasteiger partial charge in [-0.05, 0) is 72.1 Å². The molecule has 2 N–H and O–H groups in total. The van der Waals surface area contributed by atoms with Gasteiger partial charge >= 0.3 is 0 Å². The van der Waals surface area contributed by atoms with E-state index in [-0.39, 0.29) is 6.79 Å². The lowest BCUT2D eigenvalue weighted by molar-refractivity contribution is 0.0502. The van der Waals surface area contributed by atoms with Gasteiger partial charge in [0.2, 0.25) is 0 Å². The Bertz CT molecular complexity index is 870. The number of aliphatic hydroxyl groups excluding tert-OH is 1. The van der Waals surface area contributed by atoms with E-state index in [0.717, 1.165) is 40.8 Å². The summed E-state index contributed by atoms with van der Waals surface area (Å²) in [7, 11) is -1.20. The fraction of sp³-hybridized carbons (Fsp3) is 0.520. The number of aliphatic hydroxyl groups is 1. The molecule has 0 heterocycles. The standard InChI is InChI=1S/C25H37O5P/c1-7-8-24(31(27)28)25(26)20-11-17(4)22(18(5)12-20)14-19-9-10-23(30-15-29-6)21(13-19)16(2)3/h9-13,16,24-26,31H,7-8,14-15H2,1-6H3,(H,27,28). The fourth-order valence-corrected chi connectivity index (χ4v) is 5.05. The van der Waals surface area contributed by atoms with Gasteiger partial charge in [-0.2, -0.15) is 0 Å². The van der Waals surface area contributed by atoms with Crippen molar-refractivity contribution in [2.45, 2.75) is 71.6 Å². The highest BCUT2D eigenvalue weighted by Gasteiger charge is 2.25. The normalized spacial score (nSPS) is 14.5. The summed E-state index contributed by atoms with van der Waals surface area (Å²) in [6, 6.07) is 10.2. The van der Waals surface area contributed by atoms with Gasteiger partial charge in [-0.3, -0.25) is 4.57 Å². The van der Waals surface area contributed by atoms with Crippen molar-refractivity contribution in [3.63, 3.8) is 0 Å². The van der Waals surface area contributed by atoms with E-state index in [0.29, 0.717) is 12.3 Å². The van der Waals surface area contributed by atoms with Crippen LogP contribution in [0.3, 0.4) is 0 Å². The molecule has 0 spiro atoms. The third-order valence-electron chi connectivity index (χ3n) is 5.77. The summed E-state index contributed by atoms with van der Waals surface area (Å²) in [5.74, 6) is 1.16. The minimum absolute atomic E-state index is 0.222. The van der Waals surface area contributed by atoms with Crippen LogP contribution in [-0.2, 0) is 15.7 Å². The van der Waals surface area contributed by atoms with E-state index in [1.54, 1.807) is 7.11 Å². The minimum atomic E-state index is -2.81. The van der Waals surface area contributed by atoms with Gasteiger partial charge in [0.15, 0.2) is 14.8 Å². The van der Waals surface area contributed by atoms with Crippen LogP contribution in [0.2, 0.25) is 0 Å². The van der Waals surface area contributed by atoms with E-state index in [1.807, 2.05) is 39.0 Å². The molecule has 3 atom stereocenters.